The zero-order valence-corrected chi connectivity index (χ0v) is 10.5. The van der Waals surface area contributed by atoms with Gasteiger partial charge in [0.2, 0.25) is 0 Å². The average Bonchev–Trinajstić information content (AvgIpc) is 2.68. The number of aromatic nitrogens is 1. The monoisotopic (exact) mass is 248 g/mol. The molecule has 0 unspecified atom stereocenters. The Kier molecular flexibility index (Phi) is 4.12. The number of hydrogen-bond acceptors (Lipinski definition) is 3. The van der Waals surface area contributed by atoms with E-state index in [9.17, 15) is 4.79 Å². The number of aromatic amines is 1. The van der Waals surface area contributed by atoms with Gasteiger partial charge in [0.25, 0.3) is 0 Å². The van der Waals surface area contributed by atoms with Crippen LogP contribution in [0.3, 0.4) is 0 Å². The van der Waals surface area contributed by atoms with E-state index >= 15 is 0 Å². The van der Waals surface area contributed by atoms with Crippen LogP contribution in [0, 0.1) is 0 Å². The Labute approximate surface area is 104 Å². The first-order chi connectivity index (χ1) is 8.29. The molecule has 2 aromatic rings. The molecule has 2 N–H and O–H groups in total. The van der Waals surface area contributed by atoms with Crippen molar-refractivity contribution in [1.29, 1.82) is 0 Å². The number of hydrogen-bond donors (Lipinski definition) is 2. The lowest BCUT2D eigenvalue weighted by molar-refractivity contribution is 0.693. The minimum Gasteiger partial charge on any atom is -0.313 e. The molecule has 0 atom stereocenters. The summed E-state index contributed by atoms with van der Waals surface area (Å²) in [6.07, 6.45) is 3.99. The van der Waals surface area contributed by atoms with Gasteiger partial charge in [0.15, 0.2) is 0 Å². The molecule has 1 heterocycles. The minimum absolute atomic E-state index is 0.0183. The summed E-state index contributed by atoms with van der Waals surface area (Å²) in [5.74, 6) is 0. The van der Waals surface area contributed by atoms with Crippen molar-refractivity contribution in [3.63, 3.8) is 0 Å². The maximum absolute atomic E-state index is 11.2. The molecule has 90 valence electrons. The topological polar surface area (TPSA) is 44.9 Å². The van der Waals surface area contributed by atoms with Gasteiger partial charge < -0.3 is 10.3 Å². The molecular weight excluding hydrogens is 232 g/mol. The third-order valence-electron chi connectivity index (χ3n) is 2.59. The average molecular weight is 248 g/mol. The minimum atomic E-state index is 0.0183. The van der Waals surface area contributed by atoms with Gasteiger partial charge in [0, 0.05) is 6.54 Å². The van der Waals surface area contributed by atoms with Gasteiger partial charge >= 0.3 is 4.87 Å². The van der Waals surface area contributed by atoms with E-state index in [-0.39, 0.29) is 4.87 Å². The number of aryl methyl sites for hydroxylation is 1. The molecule has 2 rings (SSSR count). The van der Waals surface area contributed by atoms with Crippen LogP contribution in [0.2, 0.25) is 0 Å². The molecule has 0 radical (unpaired) electrons. The highest BCUT2D eigenvalue weighted by molar-refractivity contribution is 7.16. The SMILES string of the molecule is C=CCNCCCc1ccc2[nH]c(=O)sc2c1. The van der Waals surface area contributed by atoms with E-state index < -0.39 is 0 Å². The Morgan fingerprint density at radius 2 is 2.35 bits per heavy atom. The van der Waals surface area contributed by atoms with Gasteiger partial charge in [-0.05, 0) is 37.1 Å². The lowest BCUT2D eigenvalue weighted by Crippen LogP contribution is -2.15. The molecule has 0 fully saturated rings. The van der Waals surface area contributed by atoms with E-state index in [1.54, 1.807) is 0 Å². The lowest BCUT2D eigenvalue weighted by atomic mass is 10.1. The smallest absolute Gasteiger partial charge is 0.305 e. The van der Waals surface area contributed by atoms with Crippen LogP contribution in [0.5, 0.6) is 0 Å². The van der Waals surface area contributed by atoms with Crippen molar-refractivity contribution in [3.8, 4) is 0 Å². The van der Waals surface area contributed by atoms with Crippen molar-refractivity contribution < 1.29 is 0 Å². The van der Waals surface area contributed by atoms with Crippen LogP contribution >= 0.6 is 11.3 Å². The molecule has 0 aliphatic heterocycles. The highest BCUT2D eigenvalue weighted by atomic mass is 32.1. The number of nitrogens with one attached hydrogen (secondary N) is 2. The molecule has 0 spiro atoms. The van der Waals surface area contributed by atoms with Gasteiger partial charge in [-0.15, -0.1) is 6.58 Å². The van der Waals surface area contributed by atoms with Crippen LogP contribution in [-0.2, 0) is 6.42 Å². The highest BCUT2D eigenvalue weighted by Gasteiger charge is 2.00. The first-order valence-corrected chi connectivity index (χ1v) is 6.54. The van der Waals surface area contributed by atoms with Crippen molar-refractivity contribution in [2.45, 2.75) is 12.8 Å². The van der Waals surface area contributed by atoms with Crippen LogP contribution in [0.4, 0.5) is 0 Å². The Morgan fingerprint density at radius 3 is 3.18 bits per heavy atom. The Balaban J connectivity index is 1.94. The number of thiazole rings is 1. The number of benzene rings is 1. The summed E-state index contributed by atoms with van der Waals surface area (Å²) in [6.45, 7) is 5.51. The van der Waals surface area contributed by atoms with Crippen molar-refractivity contribution >= 4 is 21.6 Å². The standard InChI is InChI=1S/C13H16N2OS/c1-2-7-14-8-3-4-10-5-6-11-12(9-10)17-13(16)15-11/h2,5-6,9,14H,1,3-4,7-8H2,(H,15,16). The second-order valence-electron chi connectivity index (χ2n) is 3.94. The first kappa shape index (κ1) is 12.1. The Bertz CT molecular complexity index is 556. The van der Waals surface area contributed by atoms with E-state index in [2.05, 4.69) is 29.0 Å². The van der Waals surface area contributed by atoms with Crippen LogP contribution in [0.25, 0.3) is 10.2 Å². The second kappa shape index (κ2) is 5.80. The quantitative estimate of drug-likeness (QED) is 0.608. The van der Waals surface area contributed by atoms with Crippen molar-refractivity contribution in [2.24, 2.45) is 0 Å². The van der Waals surface area contributed by atoms with Crippen molar-refractivity contribution in [1.82, 2.24) is 10.3 Å². The van der Waals surface area contributed by atoms with Crippen LogP contribution < -0.4 is 10.2 Å². The predicted octanol–water partition coefficient (Wildman–Crippen LogP) is 2.30. The fourth-order valence-corrected chi connectivity index (χ4v) is 2.57. The molecule has 0 aliphatic rings. The zero-order chi connectivity index (χ0) is 12.1. The fourth-order valence-electron chi connectivity index (χ4n) is 1.77. The van der Waals surface area contributed by atoms with Crippen molar-refractivity contribution in [2.75, 3.05) is 13.1 Å². The second-order valence-corrected chi connectivity index (χ2v) is 4.96. The van der Waals surface area contributed by atoms with Crippen molar-refractivity contribution in [3.05, 3.63) is 46.1 Å². The van der Waals surface area contributed by atoms with E-state index in [0.29, 0.717) is 0 Å². The van der Waals surface area contributed by atoms with Gasteiger partial charge in [0.05, 0.1) is 10.2 Å². The van der Waals surface area contributed by atoms with Gasteiger partial charge in [-0.25, -0.2) is 0 Å². The Hall–Kier alpha value is -1.39. The summed E-state index contributed by atoms with van der Waals surface area (Å²) in [4.78, 5) is 14.0. The number of rotatable bonds is 6. The molecule has 17 heavy (non-hydrogen) atoms. The molecule has 0 amide bonds. The summed E-state index contributed by atoms with van der Waals surface area (Å²) in [6, 6.07) is 6.17. The van der Waals surface area contributed by atoms with Gasteiger partial charge in [-0.3, -0.25) is 4.79 Å². The van der Waals surface area contributed by atoms with Crippen LogP contribution in [0.15, 0.2) is 35.6 Å². The van der Waals surface area contributed by atoms with Crippen LogP contribution in [0.1, 0.15) is 12.0 Å². The predicted molar refractivity (Wildman–Crippen MR) is 73.8 cm³/mol. The molecular formula is C13H16N2OS. The first-order valence-electron chi connectivity index (χ1n) is 5.73. The van der Waals surface area contributed by atoms with Gasteiger partial charge in [-0.2, -0.15) is 0 Å². The third kappa shape index (κ3) is 3.28. The molecule has 0 aliphatic carbocycles. The molecule has 0 bridgehead atoms. The number of H-pyrrole nitrogens is 1. The van der Waals surface area contributed by atoms with Gasteiger partial charge in [-0.1, -0.05) is 23.5 Å². The maximum atomic E-state index is 11.2. The molecule has 0 saturated carbocycles. The summed E-state index contributed by atoms with van der Waals surface area (Å²) in [7, 11) is 0. The third-order valence-corrected chi connectivity index (χ3v) is 3.44. The summed E-state index contributed by atoms with van der Waals surface area (Å²) < 4.78 is 1.05. The van der Waals surface area contributed by atoms with E-state index in [0.717, 1.165) is 36.1 Å². The largest absolute Gasteiger partial charge is 0.313 e. The lowest BCUT2D eigenvalue weighted by Gasteiger charge is -2.02. The zero-order valence-electron chi connectivity index (χ0n) is 9.66. The summed E-state index contributed by atoms with van der Waals surface area (Å²) in [5.41, 5.74) is 2.22. The number of fused-ring (bicyclic) bond motifs is 1. The summed E-state index contributed by atoms with van der Waals surface area (Å²) >= 11 is 1.27. The van der Waals surface area contributed by atoms with Crippen LogP contribution in [-0.4, -0.2) is 18.1 Å². The molecule has 0 saturated heterocycles. The maximum Gasteiger partial charge on any atom is 0.305 e. The molecule has 4 heteroatoms. The molecule has 3 nitrogen and oxygen atoms in total. The summed E-state index contributed by atoms with van der Waals surface area (Å²) in [5, 5.41) is 3.27. The van der Waals surface area contributed by atoms with E-state index in [4.69, 9.17) is 0 Å². The normalized spacial score (nSPS) is 10.8. The molecule has 1 aromatic heterocycles. The molecule has 1 aromatic carbocycles. The highest BCUT2D eigenvalue weighted by Crippen LogP contribution is 2.17. The van der Waals surface area contributed by atoms with Gasteiger partial charge in [0.1, 0.15) is 0 Å². The van der Waals surface area contributed by atoms with E-state index in [1.807, 2.05) is 12.1 Å². The van der Waals surface area contributed by atoms with E-state index in [1.165, 1.54) is 16.9 Å². The fraction of sp³-hybridized carbons (Fsp3) is 0.308. The Morgan fingerprint density at radius 1 is 1.47 bits per heavy atom.